The van der Waals surface area contributed by atoms with Gasteiger partial charge < -0.3 is 10.2 Å². The zero-order valence-corrected chi connectivity index (χ0v) is 14.5. The number of thioether (sulfide) groups is 1. The van der Waals surface area contributed by atoms with Crippen molar-refractivity contribution in [3.8, 4) is 0 Å². The highest BCUT2D eigenvalue weighted by Gasteiger charge is 2.19. The summed E-state index contributed by atoms with van der Waals surface area (Å²) in [4.78, 5) is 14.1. The molecule has 0 bridgehead atoms. The molecule has 7 heteroatoms. The summed E-state index contributed by atoms with van der Waals surface area (Å²) < 4.78 is 14.3. The predicted octanol–water partition coefficient (Wildman–Crippen LogP) is 4.17. The summed E-state index contributed by atoms with van der Waals surface area (Å²) in [5.74, 6) is -0.852. The maximum Gasteiger partial charge on any atom is 0.237 e. The number of hydrogen-bond donors (Lipinski definition) is 1. The summed E-state index contributed by atoms with van der Waals surface area (Å²) in [5, 5.41) is 2.42. The van der Waals surface area contributed by atoms with Crippen molar-refractivity contribution in [2.24, 2.45) is 0 Å². The topological polar surface area (TPSA) is 32.3 Å². The third-order valence-corrected chi connectivity index (χ3v) is 4.67. The maximum atomic E-state index is 13.6. The molecule has 1 N–H and O–H groups in total. The number of nitrogens with one attached hydrogen (secondary N) is 1. The molecule has 0 aliphatic rings. The van der Waals surface area contributed by atoms with Crippen molar-refractivity contribution in [2.45, 2.75) is 26.0 Å². The molecular formula is C14H18ClFN2OS2. The Morgan fingerprint density at radius 2 is 2.10 bits per heavy atom. The number of nitrogens with zero attached hydrogens (tertiary/aromatic N) is 1. The van der Waals surface area contributed by atoms with Crippen LogP contribution in [0.25, 0.3) is 0 Å². The molecule has 0 fully saturated rings. The van der Waals surface area contributed by atoms with E-state index in [0.29, 0.717) is 4.32 Å². The third kappa shape index (κ3) is 5.45. The van der Waals surface area contributed by atoms with Crippen molar-refractivity contribution in [2.75, 3.05) is 18.4 Å². The first-order valence-electron chi connectivity index (χ1n) is 6.60. The molecule has 0 spiro atoms. The van der Waals surface area contributed by atoms with E-state index in [-0.39, 0.29) is 16.6 Å². The van der Waals surface area contributed by atoms with E-state index in [4.69, 9.17) is 23.8 Å². The second-order valence-electron chi connectivity index (χ2n) is 4.31. The molecule has 1 atom stereocenters. The van der Waals surface area contributed by atoms with Gasteiger partial charge in [-0.15, -0.1) is 0 Å². The smallest absolute Gasteiger partial charge is 0.237 e. The van der Waals surface area contributed by atoms with Crippen LogP contribution >= 0.6 is 35.6 Å². The van der Waals surface area contributed by atoms with Gasteiger partial charge in [-0.1, -0.05) is 35.6 Å². The van der Waals surface area contributed by atoms with E-state index in [2.05, 4.69) is 5.32 Å². The standard InChI is InChI=1S/C14H18ClFN2OS2/c1-4-18(5-2)14(20)21-9(3)13(19)17-12-7-6-10(15)8-11(12)16/h6-9H,4-5H2,1-3H3,(H,17,19)/t9-/m0/s1. The van der Waals surface area contributed by atoms with Crippen LogP contribution in [0.3, 0.4) is 0 Å². The van der Waals surface area contributed by atoms with Gasteiger partial charge in [0, 0.05) is 18.1 Å². The number of hydrogen-bond acceptors (Lipinski definition) is 3. The fourth-order valence-corrected chi connectivity index (χ4v) is 3.31. The highest BCUT2D eigenvalue weighted by molar-refractivity contribution is 8.23. The van der Waals surface area contributed by atoms with Gasteiger partial charge in [-0.2, -0.15) is 0 Å². The van der Waals surface area contributed by atoms with Crippen molar-refractivity contribution in [1.29, 1.82) is 0 Å². The molecule has 0 unspecified atom stereocenters. The van der Waals surface area contributed by atoms with Crippen LogP contribution < -0.4 is 5.32 Å². The second kappa shape index (κ2) is 8.56. The van der Waals surface area contributed by atoms with Crippen LogP contribution in [-0.2, 0) is 4.79 Å². The minimum Gasteiger partial charge on any atom is -0.358 e. The molecule has 116 valence electrons. The van der Waals surface area contributed by atoms with Gasteiger partial charge in [0.25, 0.3) is 0 Å². The Morgan fingerprint density at radius 1 is 1.48 bits per heavy atom. The lowest BCUT2D eigenvalue weighted by molar-refractivity contribution is -0.115. The number of halogens is 2. The summed E-state index contributed by atoms with van der Waals surface area (Å²) >= 11 is 12.3. The minimum absolute atomic E-state index is 0.116. The zero-order chi connectivity index (χ0) is 16.0. The average molecular weight is 349 g/mol. The Kier molecular flexibility index (Phi) is 7.42. The van der Waals surface area contributed by atoms with Gasteiger partial charge in [0.15, 0.2) is 0 Å². The predicted molar refractivity (Wildman–Crippen MR) is 92.6 cm³/mol. The van der Waals surface area contributed by atoms with E-state index in [1.54, 1.807) is 6.92 Å². The number of anilines is 1. The third-order valence-electron chi connectivity index (χ3n) is 2.86. The van der Waals surface area contributed by atoms with Crippen LogP contribution in [0.1, 0.15) is 20.8 Å². The van der Waals surface area contributed by atoms with Crippen molar-refractivity contribution in [3.05, 3.63) is 29.0 Å². The quantitative estimate of drug-likeness (QED) is 0.809. The summed E-state index contributed by atoms with van der Waals surface area (Å²) in [6.45, 7) is 7.34. The monoisotopic (exact) mass is 348 g/mol. The Morgan fingerprint density at radius 3 is 2.62 bits per heavy atom. The van der Waals surface area contributed by atoms with E-state index in [0.717, 1.165) is 19.2 Å². The summed E-state index contributed by atoms with van der Waals surface area (Å²) in [6, 6.07) is 4.13. The van der Waals surface area contributed by atoms with Crippen LogP contribution in [0.4, 0.5) is 10.1 Å². The van der Waals surface area contributed by atoms with Gasteiger partial charge in [-0.3, -0.25) is 4.79 Å². The van der Waals surface area contributed by atoms with Crippen LogP contribution in [0, 0.1) is 5.82 Å². The van der Waals surface area contributed by atoms with Gasteiger partial charge in [0.05, 0.1) is 10.9 Å². The maximum absolute atomic E-state index is 13.6. The molecule has 1 aromatic carbocycles. The lowest BCUT2D eigenvalue weighted by Gasteiger charge is -2.22. The van der Waals surface area contributed by atoms with Crippen molar-refractivity contribution < 1.29 is 9.18 Å². The molecule has 0 aromatic heterocycles. The summed E-state index contributed by atoms with van der Waals surface area (Å²) in [5.41, 5.74) is 0.116. The molecular weight excluding hydrogens is 331 g/mol. The number of amides is 1. The summed E-state index contributed by atoms with van der Waals surface area (Å²) in [7, 11) is 0. The van der Waals surface area contributed by atoms with Crippen LogP contribution in [-0.4, -0.2) is 33.5 Å². The van der Waals surface area contributed by atoms with E-state index in [1.807, 2.05) is 18.7 Å². The second-order valence-corrected chi connectivity index (χ2v) is 6.72. The highest BCUT2D eigenvalue weighted by atomic mass is 35.5. The number of thiocarbonyl (C=S) groups is 1. The van der Waals surface area contributed by atoms with E-state index < -0.39 is 11.1 Å². The molecule has 1 amide bonds. The van der Waals surface area contributed by atoms with Crippen LogP contribution in [0.15, 0.2) is 18.2 Å². The van der Waals surface area contributed by atoms with Gasteiger partial charge in [-0.25, -0.2) is 4.39 Å². The van der Waals surface area contributed by atoms with Crippen LogP contribution in [0.5, 0.6) is 0 Å². The van der Waals surface area contributed by atoms with Crippen molar-refractivity contribution in [3.63, 3.8) is 0 Å². The lowest BCUT2D eigenvalue weighted by Crippen LogP contribution is -2.31. The first-order valence-corrected chi connectivity index (χ1v) is 8.27. The van der Waals surface area contributed by atoms with Gasteiger partial charge in [-0.05, 0) is 39.0 Å². The minimum atomic E-state index is -0.556. The molecule has 0 aliphatic heterocycles. The highest BCUT2D eigenvalue weighted by Crippen LogP contribution is 2.21. The Hall–Kier alpha value is -0.850. The first kappa shape index (κ1) is 18.2. The molecule has 0 heterocycles. The Balaban J connectivity index is 2.64. The lowest BCUT2D eigenvalue weighted by atomic mass is 10.3. The molecule has 3 nitrogen and oxygen atoms in total. The average Bonchev–Trinajstić information content (AvgIpc) is 2.43. The molecule has 0 radical (unpaired) electrons. The summed E-state index contributed by atoms with van der Waals surface area (Å²) in [6.07, 6.45) is 0. The van der Waals surface area contributed by atoms with Gasteiger partial charge in [0.1, 0.15) is 10.1 Å². The largest absolute Gasteiger partial charge is 0.358 e. The molecule has 1 aromatic rings. The van der Waals surface area contributed by atoms with Gasteiger partial charge in [0.2, 0.25) is 5.91 Å². The SMILES string of the molecule is CCN(CC)C(=S)S[C@@H](C)C(=O)Nc1ccc(Cl)cc1F. The van der Waals surface area contributed by atoms with E-state index in [9.17, 15) is 9.18 Å². The van der Waals surface area contributed by atoms with Crippen molar-refractivity contribution >= 4 is 51.5 Å². The van der Waals surface area contributed by atoms with Crippen molar-refractivity contribution in [1.82, 2.24) is 4.90 Å². The number of rotatable bonds is 5. The molecule has 0 aliphatic carbocycles. The number of benzene rings is 1. The Bertz CT molecular complexity index is 524. The fraction of sp³-hybridized carbons (Fsp3) is 0.429. The molecule has 0 saturated heterocycles. The molecule has 1 rings (SSSR count). The van der Waals surface area contributed by atoms with Gasteiger partial charge >= 0.3 is 0 Å². The fourth-order valence-electron chi connectivity index (χ4n) is 1.59. The van der Waals surface area contributed by atoms with E-state index >= 15 is 0 Å². The molecule has 0 saturated carbocycles. The Labute approximate surface area is 139 Å². The number of carbonyl (C=O) groups is 1. The normalized spacial score (nSPS) is 11.9. The molecule has 21 heavy (non-hydrogen) atoms. The zero-order valence-electron chi connectivity index (χ0n) is 12.2. The first-order chi connectivity index (χ1) is 9.88. The number of carbonyl (C=O) groups excluding carboxylic acids is 1. The van der Waals surface area contributed by atoms with E-state index in [1.165, 1.54) is 23.9 Å². The van der Waals surface area contributed by atoms with Crippen LogP contribution in [0.2, 0.25) is 5.02 Å².